The fourth-order valence-corrected chi connectivity index (χ4v) is 4.19. The Kier molecular flexibility index (Phi) is 5.04. The van der Waals surface area contributed by atoms with Crippen molar-refractivity contribution in [1.82, 2.24) is 5.32 Å². The number of carbonyl (C=O) groups excluding carboxylic acids is 1. The highest BCUT2D eigenvalue weighted by Gasteiger charge is 2.30. The number of hydrogen-bond acceptors (Lipinski definition) is 4. The Labute approximate surface area is 138 Å². The SMILES string of the molecule is CC(Oc1cccc(C(C)(C)C)c1)C(=O)NC1CCS(=O)(=O)C1. The predicted molar refractivity (Wildman–Crippen MR) is 90.4 cm³/mol. The molecule has 1 heterocycles. The van der Waals surface area contributed by atoms with Gasteiger partial charge in [-0.1, -0.05) is 32.9 Å². The first-order valence-corrected chi connectivity index (χ1v) is 9.67. The summed E-state index contributed by atoms with van der Waals surface area (Å²) in [5.74, 6) is 0.513. The molecule has 0 aromatic heterocycles. The number of hydrogen-bond donors (Lipinski definition) is 1. The molecule has 0 saturated carbocycles. The van der Waals surface area contributed by atoms with Crippen molar-refractivity contribution in [3.05, 3.63) is 29.8 Å². The lowest BCUT2D eigenvalue weighted by Gasteiger charge is -2.21. The number of sulfone groups is 1. The first-order chi connectivity index (χ1) is 10.6. The van der Waals surface area contributed by atoms with Gasteiger partial charge in [-0.2, -0.15) is 0 Å². The number of carbonyl (C=O) groups is 1. The second kappa shape index (κ2) is 6.51. The molecule has 1 aromatic carbocycles. The Balaban J connectivity index is 1.96. The van der Waals surface area contributed by atoms with Crippen molar-refractivity contribution in [1.29, 1.82) is 0 Å². The van der Waals surface area contributed by atoms with Crippen molar-refractivity contribution in [2.45, 2.75) is 51.7 Å². The Morgan fingerprint density at radius 1 is 1.35 bits per heavy atom. The van der Waals surface area contributed by atoms with Crippen molar-refractivity contribution in [2.24, 2.45) is 0 Å². The van der Waals surface area contributed by atoms with E-state index in [1.165, 1.54) is 0 Å². The van der Waals surface area contributed by atoms with Gasteiger partial charge in [0, 0.05) is 6.04 Å². The summed E-state index contributed by atoms with van der Waals surface area (Å²) >= 11 is 0. The summed E-state index contributed by atoms with van der Waals surface area (Å²) < 4.78 is 28.6. The molecule has 1 N–H and O–H groups in total. The molecular weight excluding hydrogens is 314 g/mol. The summed E-state index contributed by atoms with van der Waals surface area (Å²) in [6.07, 6.45) is -0.200. The summed E-state index contributed by atoms with van der Waals surface area (Å²) in [6.45, 7) is 8.01. The van der Waals surface area contributed by atoms with E-state index in [0.717, 1.165) is 5.56 Å². The topological polar surface area (TPSA) is 72.5 Å². The summed E-state index contributed by atoms with van der Waals surface area (Å²) in [6, 6.07) is 7.38. The van der Waals surface area contributed by atoms with Crippen LogP contribution in [0.1, 0.15) is 39.7 Å². The Hall–Kier alpha value is -1.56. The number of ether oxygens (including phenoxy) is 1. The largest absolute Gasteiger partial charge is 0.481 e. The number of rotatable bonds is 4. The maximum atomic E-state index is 12.2. The minimum absolute atomic E-state index is 0.00305. The van der Waals surface area contributed by atoms with Crippen LogP contribution in [0.3, 0.4) is 0 Å². The van der Waals surface area contributed by atoms with Crippen LogP contribution in [0, 0.1) is 0 Å². The van der Waals surface area contributed by atoms with E-state index in [-0.39, 0.29) is 28.9 Å². The maximum absolute atomic E-state index is 12.2. The standard InChI is InChI=1S/C17H25NO4S/c1-12(16(19)18-14-8-9-23(20,21)11-14)22-15-7-5-6-13(10-15)17(2,3)4/h5-7,10,12,14H,8-9,11H2,1-4H3,(H,18,19). The highest BCUT2D eigenvalue weighted by atomic mass is 32.2. The van der Waals surface area contributed by atoms with Gasteiger partial charge in [-0.15, -0.1) is 0 Å². The van der Waals surface area contributed by atoms with Crippen LogP contribution >= 0.6 is 0 Å². The van der Waals surface area contributed by atoms with Gasteiger partial charge in [0.15, 0.2) is 15.9 Å². The third-order valence-electron chi connectivity index (χ3n) is 3.96. The minimum Gasteiger partial charge on any atom is -0.481 e. The van der Waals surface area contributed by atoms with Crippen LogP contribution in [0.5, 0.6) is 5.75 Å². The van der Waals surface area contributed by atoms with Crippen LogP contribution in [0.4, 0.5) is 0 Å². The molecule has 0 bridgehead atoms. The average molecular weight is 339 g/mol. The van der Waals surface area contributed by atoms with Crippen LogP contribution in [0.15, 0.2) is 24.3 Å². The highest BCUT2D eigenvalue weighted by molar-refractivity contribution is 7.91. The third kappa shape index (κ3) is 4.96. The lowest BCUT2D eigenvalue weighted by Crippen LogP contribution is -2.43. The molecule has 128 valence electrons. The fourth-order valence-electron chi connectivity index (χ4n) is 2.52. The quantitative estimate of drug-likeness (QED) is 0.911. The van der Waals surface area contributed by atoms with Gasteiger partial charge in [0.05, 0.1) is 11.5 Å². The number of nitrogens with one attached hydrogen (secondary N) is 1. The second-order valence-corrected chi connectivity index (χ2v) is 9.38. The minimum atomic E-state index is -3.00. The fraction of sp³-hybridized carbons (Fsp3) is 0.588. The highest BCUT2D eigenvalue weighted by Crippen LogP contribution is 2.26. The number of benzene rings is 1. The molecule has 1 aliphatic rings. The summed E-state index contributed by atoms with van der Waals surface area (Å²) in [4.78, 5) is 12.2. The zero-order valence-electron chi connectivity index (χ0n) is 14.1. The number of amides is 1. The summed E-state index contributed by atoms with van der Waals surface area (Å²) in [7, 11) is -3.00. The van der Waals surface area contributed by atoms with E-state index < -0.39 is 15.9 Å². The molecule has 2 atom stereocenters. The van der Waals surface area contributed by atoms with Crippen LogP contribution < -0.4 is 10.1 Å². The molecule has 6 heteroatoms. The molecule has 1 fully saturated rings. The molecule has 0 aliphatic carbocycles. The zero-order valence-corrected chi connectivity index (χ0v) is 14.9. The summed E-state index contributed by atoms with van der Waals surface area (Å²) in [5.41, 5.74) is 1.13. The van der Waals surface area contributed by atoms with E-state index in [4.69, 9.17) is 4.74 Å². The van der Waals surface area contributed by atoms with E-state index in [9.17, 15) is 13.2 Å². The first-order valence-electron chi connectivity index (χ1n) is 7.85. The van der Waals surface area contributed by atoms with Crippen LogP contribution in [0.2, 0.25) is 0 Å². The molecule has 23 heavy (non-hydrogen) atoms. The van der Waals surface area contributed by atoms with Gasteiger partial charge in [-0.05, 0) is 36.5 Å². The Morgan fingerprint density at radius 3 is 2.61 bits per heavy atom. The third-order valence-corrected chi connectivity index (χ3v) is 5.73. The maximum Gasteiger partial charge on any atom is 0.261 e. The van der Waals surface area contributed by atoms with Gasteiger partial charge in [0.2, 0.25) is 0 Å². The average Bonchev–Trinajstić information content (AvgIpc) is 2.77. The van der Waals surface area contributed by atoms with Crippen molar-refractivity contribution in [3.8, 4) is 5.75 Å². The molecule has 0 spiro atoms. The van der Waals surface area contributed by atoms with Gasteiger partial charge in [-0.3, -0.25) is 4.79 Å². The smallest absolute Gasteiger partial charge is 0.261 e. The first kappa shape index (κ1) is 17.8. The molecule has 2 unspecified atom stereocenters. The van der Waals surface area contributed by atoms with Gasteiger partial charge in [0.1, 0.15) is 5.75 Å². The molecule has 1 aromatic rings. The van der Waals surface area contributed by atoms with Crippen LogP contribution in [-0.2, 0) is 20.0 Å². The molecule has 0 radical (unpaired) electrons. The van der Waals surface area contributed by atoms with Crippen LogP contribution in [-0.4, -0.2) is 38.0 Å². The van der Waals surface area contributed by atoms with Crippen LogP contribution in [0.25, 0.3) is 0 Å². The van der Waals surface area contributed by atoms with E-state index in [2.05, 4.69) is 26.1 Å². The second-order valence-electron chi connectivity index (χ2n) is 7.15. The summed E-state index contributed by atoms with van der Waals surface area (Å²) in [5, 5.41) is 2.76. The molecular formula is C17H25NO4S. The van der Waals surface area contributed by atoms with E-state index in [1.807, 2.05) is 24.3 Å². The van der Waals surface area contributed by atoms with Crippen molar-refractivity contribution >= 4 is 15.7 Å². The van der Waals surface area contributed by atoms with Gasteiger partial charge >= 0.3 is 0 Å². The zero-order chi connectivity index (χ0) is 17.3. The van der Waals surface area contributed by atoms with E-state index in [1.54, 1.807) is 6.92 Å². The van der Waals surface area contributed by atoms with Crippen molar-refractivity contribution < 1.29 is 17.9 Å². The molecule has 5 nitrogen and oxygen atoms in total. The Morgan fingerprint density at radius 2 is 2.04 bits per heavy atom. The van der Waals surface area contributed by atoms with E-state index >= 15 is 0 Å². The molecule has 1 saturated heterocycles. The van der Waals surface area contributed by atoms with E-state index in [0.29, 0.717) is 12.2 Å². The lowest BCUT2D eigenvalue weighted by atomic mass is 9.87. The van der Waals surface area contributed by atoms with Crippen molar-refractivity contribution in [3.63, 3.8) is 0 Å². The van der Waals surface area contributed by atoms with Gasteiger partial charge < -0.3 is 10.1 Å². The van der Waals surface area contributed by atoms with Crippen molar-refractivity contribution in [2.75, 3.05) is 11.5 Å². The van der Waals surface area contributed by atoms with Gasteiger partial charge in [0.25, 0.3) is 5.91 Å². The molecule has 1 amide bonds. The molecule has 1 aliphatic heterocycles. The lowest BCUT2D eigenvalue weighted by molar-refractivity contribution is -0.127. The van der Waals surface area contributed by atoms with Gasteiger partial charge in [-0.25, -0.2) is 8.42 Å². The molecule has 2 rings (SSSR count). The monoisotopic (exact) mass is 339 g/mol. The normalized spacial score (nSPS) is 21.7. The Bertz CT molecular complexity index is 676. The predicted octanol–water partition coefficient (Wildman–Crippen LogP) is 2.05.